The zero-order chi connectivity index (χ0) is 12.3. The van der Waals surface area contributed by atoms with Crippen molar-refractivity contribution in [2.45, 2.75) is 39.3 Å². The number of nitrogens with zero attached hydrogens (tertiary/aromatic N) is 1. The average molecular weight is 250 g/mol. The summed E-state index contributed by atoms with van der Waals surface area (Å²) < 4.78 is 5.25. The third kappa shape index (κ3) is 3.41. The molecular formula is C13H18N2OS. The van der Waals surface area contributed by atoms with Crippen molar-refractivity contribution in [3.63, 3.8) is 0 Å². The smallest absolute Gasteiger partial charge is 0.117 e. The highest BCUT2D eigenvalue weighted by Crippen LogP contribution is 2.25. The fraction of sp³-hybridized carbons (Fsp3) is 0.462. The number of rotatable bonds is 4. The third-order valence-corrected chi connectivity index (χ3v) is 3.70. The fourth-order valence-electron chi connectivity index (χ4n) is 1.46. The van der Waals surface area contributed by atoms with Gasteiger partial charge in [-0.3, -0.25) is 0 Å². The van der Waals surface area contributed by atoms with Crippen LogP contribution in [0.25, 0.3) is 0 Å². The number of aromatic nitrogens is 1. The van der Waals surface area contributed by atoms with Crippen LogP contribution in [0.5, 0.6) is 0 Å². The van der Waals surface area contributed by atoms with Crippen molar-refractivity contribution in [2.24, 2.45) is 0 Å². The van der Waals surface area contributed by atoms with E-state index in [2.05, 4.69) is 36.5 Å². The van der Waals surface area contributed by atoms with Crippen LogP contribution in [-0.2, 0) is 18.5 Å². The van der Waals surface area contributed by atoms with E-state index < -0.39 is 0 Å². The van der Waals surface area contributed by atoms with E-state index in [1.165, 1.54) is 5.01 Å². The Hall–Kier alpha value is -1.13. The number of nitrogens with one attached hydrogen (secondary N) is 1. The van der Waals surface area contributed by atoms with Gasteiger partial charge in [0.15, 0.2) is 0 Å². The first-order valence-corrected chi connectivity index (χ1v) is 6.61. The summed E-state index contributed by atoms with van der Waals surface area (Å²) >= 11 is 1.73. The van der Waals surface area contributed by atoms with Crippen LogP contribution in [0.15, 0.2) is 28.2 Å². The molecule has 0 aliphatic heterocycles. The molecule has 0 bridgehead atoms. The van der Waals surface area contributed by atoms with Crippen molar-refractivity contribution in [3.8, 4) is 0 Å². The second-order valence-electron chi connectivity index (χ2n) is 5.08. The van der Waals surface area contributed by atoms with Gasteiger partial charge >= 0.3 is 0 Å². The predicted molar refractivity (Wildman–Crippen MR) is 70.1 cm³/mol. The van der Waals surface area contributed by atoms with Crippen LogP contribution in [0.3, 0.4) is 0 Å². The summed E-state index contributed by atoms with van der Waals surface area (Å²) in [5.74, 6) is 0.955. The summed E-state index contributed by atoms with van der Waals surface area (Å²) in [6, 6.07) is 3.87. The molecule has 0 spiro atoms. The van der Waals surface area contributed by atoms with E-state index in [1.807, 2.05) is 12.1 Å². The second kappa shape index (κ2) is 5.02. The molecule has 2 rings (SSSR count). The Labute approximate surface area is 106 Å². The third-order valence-electron chi connectivity index (χ3n) is 2.38. The van der Waals surface area contributed by atoms with Gasteiger partial charge in [-0.25, -0.2) is 4.98 Å². The topological polar surface area (TPSA) is 38.1 Å². The molecular weight excluding hydrogens is 232 g/mol. The lowest BCUT2D eigenvalue weighted by atomic mass is 9.98. The number of hydrogen-bond donors (Lipinski definition) is 1. The van der Waals surface area contributed by atoms with Gasteiger partial charge in [-0.15, -0.1) is 11.3 Å². The summed E-state index contributed by atoms with van der Waals surface area (Å²) in [6.07, 6.45) is 1.69. The molecule has 17 heavy (non-hydrogen) atoms. The highest BCUT2D eigenvalue weighted by atomic mass is 32.1. The van der Waals surface area contributed by atoms with E-state index in [0.29, 0.717) is 0 Å². The summed E-state index contributed by atoms with van der Waals surface area (Å²) in [5.41, 5.74) is 1.25. The largest absolute Gasteiger partial charge is 0.468 e. The maximum atomic E-state index is 5.25. The van der Waals surface area contributed by atoms with Crippen LogP contribution in [0, 0.1) is 0 Å². The van der Waals surface area contributed by atoms with E-state index in [0.717, 1.165) is 24.5 Å². The minimum atomic E-state index is 0.143. The average Bonchev–Trinajstić information content (AvgIpc) is 2.86. The highest BCUT2D eigenvalue weighted by Gasteiger charge is 2.17. The van der Waals surface area contributed by atoms with Crippen LogP contribution in [0.2, 0.25) is 0 Å². The van der Waals surface area contributed by atoms with Gasteiger partial charge < -0.3 is 9.73 Å². The lowest BCUT2D eigenvalue weighted by Gasteiger charge is -2.13. The number of furan rings is 1. The fourth-order valence-corrected chi connectivity index (χ4v) is 2.37. The molecule has 0 aliphatic carbocycles. The van der Waals surface area contributed by atoms with E-state index >= 15 is 0 Å². The zero-order valence-electron chi connectivity index (χ0n) is 10.5. The number of hydrogen-bond acceptors (Lipinski definition) is 4. The molecule has 2 heterocycles. The molecule has 0 atom stereocenters. The van der Waals surface area contributed by atoms with Crippen LogP contribution in [0.4, 0.5) is 0 Å². The maximum Gasteiger partial charge on any atom is 0.117 e. The molecule has 4 heteroatoms. The van der Waals surface area contributed by atoms with E-state index in [9.17, 15) is 0 Å². The van der Waals surface area contributed by atoms with Gasteiger partial charge in [0.05, 0.1) is 23.5 Å². The molecule has 0 unspecified atom stereocenters. The first kappa shape index (κ1) is 12.3. The monoisotopic (exact) mass is 250 g/mol. The minimum absolute atomic E-state index is 0.143. The van der Waals surface area contributed by atoms with Crippen molar-refractivity contribution < 1.29 is 4.42 Å². The van der Waals surface area contributed by atoms with Gasteiger partial charge in [0.2, 0.25) is 0 Å². The molecule has 0 aliphatic rings. The molecule has 2 aromatic rings. The van der Waals surface area contributed by atoms with Crippen LogP contribution >= 0.6 is 11.3 Å². The Morgan fingerprint density at radius 2 is 2.18 bits per heavy atom. The SMILES string of the molecule is CC(C)(C)c1nc(CNCc2ccco2)cs1. The molecule has 0 fully saturated rings. The molecule has 1 N–H and O–H groups in total. The van der Waals surface area contributed by atoms with Gasteiger partial charge in [0, 0.05) is 17.3 Å². The van der Waals surface area contributed by atoms with Crippen molar-refractivity contribution in [1.29, 1.82) is 0 Å². The Balaban J connectivity index is 1.85. The molecule has 2 aromatic heterocycles. The van der Waals surface area contributed by atoms with Gasteiger partial charge in [-0.1, -0.05) is 20.8 Å². The number of thiazole rings is 1. The van der Waals surface area contributed by atoms with E-state index in [4.69, 9.17) is 4.42 Å². The molecule has 0 amide bonds. The minimum Gasteiger partial charge on any atom is -0.468 e. The molecule has 0 saturated heterocycles. The van der Waals surface area contributed by atoms with Crippen molar-refractivity contribution in [2.75, 3.05) is 0 Å². The Kier molecular flexibility index (Phi) is 3.64. The summed E-state index contributed by atoms with van der Waals surface area (Å²) in [6.45, 7) is 8.09. The van der Waals surface area contributed by atoms with Gasteiger partial charge in [-0.2, -0.15) is 0 Å². The Morgan fingerprint density at radius 1 is 1.35 bits per heavy atom. The summed E-state index contributed by atoms with van der Waals surface area (Å²) in [4.78, 5) is 4.63. The van der Waals surface area contributed by atoms with Crippen LogP contribution in [0.1, 0.15) is 37.2 Å². The lowest BCUT2D eigenvalue weighted by molar-refractivity contribution is 0.481. The van der Waals surface area contributed by atoms with Crippen LogP contribution in [-0.4, -0.2) is 4.98 Å². The van der Waals surface area contributed by atoms with Crippen molar-refractivity contribution in [1.82, 2.24) is 10.3 Å². The predicted octanol–water partition coefficient (Wildman–Crippen LogP) is 3.32. The van der Waals surface area contributed by atoms with Gasteiger partial charge in [-0.05, 0) is 12.1 Å². The standard InChI is InChI=1S/C13H18N2OS/c1-13(2,3)12-15-10(9-17-12)7-14-8-11-5-4-6-16-11/h4-6,9,14H,7-8H2,1-3H3. The molecule has 3 nitrogen and oxygen atoms in total. The second-order valence-corrected chi connectivity index (χ2v) is 5.94. The summed E-state index contributed by atoms with van der Waals surface area (Å²) in [7, 11) is 0. The first-order valence-electron chi connectivity index (χ1n) is 5.74. The lowest BCUT2D eigenvalue weighted by Crippen LogP contribution is -2.14. The van der Waals surface area contributed by atoms with Crippen molar-refractivity contribution >= 4 is 11.3 Å². The quantitative estimate of drug-likeness (QED) is 0.904. The first-order chi connectivity index (χ1) is 8.05. The van der Waals surface area contributed by atoms with Crippen LogP contribution < -0.4 is 5.32 Å². The van der Waals surface area contributed by atoms with E-state index in [1.54, 1.807) is 17.6 Å². The summed E-state index contributed by atoms with van der Waals surface area (Å²) in [5, 5.41) is 6.63. The van der Waals surface area contributed by atoms with Gasteiger partial charge in [0.1, 0.15) is 5.76 Å². The molecule has 0 radical (unpaired) electrons. The Morgan fingerprint density at radius 3 is 2.76 bits per heavy atom. The Bertz CT molecular complexity index is 454. The van der Waals surface area contributed by atoms with Crippen molar-refractivity contribution in [3.05, 3.63) is 40.2 Å². The maximum absolute atomic E-state index is 5.25. The van der Waals surface area contributed by atoms with E-state index in [-0.39, 0.29) is 5.41 Å². The normalized spacial score (nSPS) is 11.9. The highest BCUT2D eigenvalue weighted by molar-refractivity contribution is 7.09. The molecule has 0 saturated carbocycles. The molecule has 0 aromatic carbocycles. The zero-order valence-corrected chi connectivity index (χ0v) is 11.3. The molecule has 92 valence electrons. The van der Waals surface area contributed by atoms with Gasteiger partial charge in [0.25, 0.3) is 0 Å².